The minimum absolute atomic E-state index is 0.528. The molecule has 1 aliphatic heterocycles. The van der Waals surface area contributed by atoms with E-state index in [0.29, 0.717) is 12.1 Å². The van der Waals surface area contributed by atoms with Gasteiger partial charge in [-0.1, -0.05) is 44.5 Å². The number of rotatable bonds is 4. The van der Waals surface area contributed by atoms with Crippen LogP contribution in [0.2, 0.25) is 0 Å². The average Bonchev–Trinajstić information content (AvgIpc) is 2.96. The molecule has 0 bridgehead atoms. The quantitative estimate of drug-likeness (QED) is 0.904. The summed E-state index contributed by atoms with van der Waals surface area (Å²) in [5, 5.41) is 3.76. The fourth-order valence-corrected chi connectivity index (χ4v) is 4.10. The SMILES string of the molecule is CCNC1c2ccccc2CCC1N1CCC(CC)C1. The maximum absolute atomic E-state index is 3.76. The Balaban J connectivity index is 1.81. The molecule has 0 saturated carbocycles. The van der Waals surface area contributed by atoms with Crippen LogP contribution in [0.4, 0.5) is 0 Å². The van der Waals surface area contributed by atoms with Crippen LogP contribution in [0, 0.1) is 5.92 Å². The van der Waals surface area contributed by atoms with E-state index in [1.807, 2.05) is 0 Å². The fraction of sp³-hybridized carbons (Fsp3) is 0.667. The molecule has 2 heteroatoms. The zero-order valence-corrected chi connectivity index (χ0v) is 12.9. The third-order valence-corrected chi connectivity index (χ3v) is 5.27. The van der Waals surface area contributed by atoms with Crippen molar-refractivity contribution in [1.29, 1.82) is 0 Å². The number of hydrogen-bond acceptors (Lipinski definition) is 2. The monoisotopic (exact) mass is 272 g/mol. The van der Waals surface area contributed by atoms with Crippen molar-refractivity contribution in [3.63, 3.8) is 0 Å². The lowest BCUT2D eigenvalue weighted by molar-refractivity contribution is 0.167. The molecule has 2 nitrogen and oxygen atoms in total. The highest BCUT2D eigenvalue weighted by Gasteiger charge is 2.35. The Morgan fingerprint density at radius 1 is 1.20 bits per heavy atom. The highest BCUT2D eigenvalue weighted by Crippen LogP contribution is 2.35. The van der Waals surface area contributed by atoms with Crippen LogP contribution < -0.4 is 5.32 Å². The van der Waals surface area contributed by atoms with E-state index in [4.69, 9.17) is 0 Å². The van der Waals surface area contributed by atoms with Crippen molar-refractivity contribution in [1.82, 2.24) is 10.2 Å². The predicted molar refractivity (Wildman–Crippen MR) is 84.9 cm³/mol. The van der Waals surface area contributed by atoms with Crippen LogP contribution in [-0.4, -0.2) is 30.6 Å². The Labute approximate surface area is 123 Å². The maximum Gasteiger partial charge on any atom is 0.0480 e. The Morgan fingerprint density at radius 2 is 2.05 bits per heavy atom. The Bertz CT molecular complexity index is 443. The van der Waals surface area contributed by atoms with Gasteiger partial charge in [-0.25, -0.2) is 0 Å². The topological polar surface area (TPSA) is 15.3 Å². The number of likely N-dealkylation sites (tertiary alicyclic amines) is 1. The zero-order chi connectivity index (χ0) is 13.9. The van der Waals surface area contributed by atoms with Crippen molar-refractivity contribution >= 4 is 0 Å². The molecule has 0 aromatic heterocycles. The second kappa shape index (κ2) is 6.28. The number of aryl methyl sites for hydroxylation is 1. The lowest BCUT2D eigenvalue weighted by atomic mass is 9.83. The molecule has 2 aliphatic rings. The molecule has 3 atom stereocenters. The fourth-order valence-electron chi connectivity index (χ4n) is 4.10. The molecular formula is C18H28N2. The first-order valence-corrected chi connectivity index (χ1v) is 8.38. The summed E-state index contributed by atoms with van der Waals surface area (Å²) in [4.78, 5) is 2.76. The number of nitrogens with one attached hydrogen (secondary N) is 1. The van der Waals surface area contributed by atoms with E-state index < -0.39 is 0 Å². The summed E-state index contributed by atoms with van der Waals surface area (Å²) >= 11 is 0. The Morgan fingerprint density at radius 3 is 2.80 bits per heavy atom. The van der Waals surface area contributed by atoms with Crippen molar-refractivity contribution < 1.29 is 0 Å². The first-order valence-electron chi connectivity index (χ1n) is 8.38. The van der Waals surface area contributed by atoms with E-state index in [0.717, 1.165) is 12.5 Å². The standard InChI is InChI=1S/C18H28N2/c1-3-14-11-12-20(13-14)17-10-9-15-7-5-6-8-16(15)18(17)19-4-2/h5-8,14,17-19H,3-4,9-13H2,1-2H3. The van der Waals surface area contributed by atoms with Gasteiger partial charge in [0.25, 0.3) is 0 Å². The second-order valence-corrected chi connectivity index (χ2v) is 6.40. The van der Waals surface area contributed by atoms with Crippen molar-refractivity contribution in [3.8, 4) is 0 Å². The van der Waals surface area contributed by atoms with Crippen LogP contribution in [0.5, 0.6) is 0 Å². The lowest BCUT2D eigenvalue weighted by Gasteiger charge is -2.40. The van der Waals surface area contributed by atoms with Gasteiger partial charge in [0.1, 0.15) is 0 Å². The van der Waals surface area contributed by atoms with Gasteiger partial charge < -0.3 is 5.32 Å². The van der Waals surface area contributed by atoms with Crippen LogP contribution in [0.1, 0.15) is 50.3 Å². The largest absolute Gasteiger partial charge is 0.309 e. The van der Waals surface area contributed by atoms with Crippen molar-refractivity contribution in [2.45, 2.75) is 51.6 Å². The number of hydrogen-bond donors (Lipinski definition) is 1. The molecule has 1 fully saturated rings. The normalized spacial score (nSPS) is 30.4. The average molecular weight is 272 g/mol. The minimum atomic E-state index is 0.528. The first-order chi connectivity index (χ1) is 9.83. The zero-order valence-electron chi connectivity index (χ0n) is 12.9. The molecule has 3 rings (SSSR count). The third kappa shape index (κ3) is 2.64. The van der Waals surface area contributed by atoms with Crippen LogP contribution in [0.3, 0.4) is 0 Å². The van der Waals surface area contributed by atoms with Crippen molar-refractivity contribution in [2.24, 2.45) is 5.92 Å². The lowest BCUT2D eigenvalue weighted by Crippen LogP contribution is -2.46. The molecule has 0 spiro atoms. The van der Waals surface area contributed by atoms with Crippen LogP contribution in [0.25, 0.3) is 0 Å². The maximum atomic E-state index is 3.76. The molecule has 1 N–H and O–H groups in total. The summed E-state index contributed by atoms with van der Waals surface area (Å²) in [6.07, 6.45) is 5.29. The minimum Gasteiger partial charge on any atom is -0.309 e. The molecule has 3 unspecified atom stereocenters. The Hall–Kier alpha value is -0.860. The summed E-state index contributed by atoms with van der Waals surface area (Å²) in [5.41, 5.74) is 3.10. The van der Waals surface area contributed by atoms with E-state index >= 15 is 0 Å². The van der Waals surface area contributed by atoms with E-state index in [9.17, 15) is 0 Å². The molecule has 1 aliphatic carbocycles. The number of nitrogens with zero attached hydrogens (tertiary/aromatic N) is 1. The van der Waals surface area contributed by atoms with E-state index in [1.165, 1.54) is 38.8 Å². The Kier molecular flexibility index (Phi) is 4.42. The van der Waals surface area contributed by atoms with Gasteiger partial charge in [0.15, 0.2) is 0 Å². The van der Waals surface area contributed by atoms with Crippen LogP contribution in [-0.2, 0) is 6.42 Å². The molecule has 1 heterocycles. The summed E-state index contributed by atoms with van der Waals surface area (Å²) in [6, 6.07) is 10.3. The molecule has 0 radical (unpaired) electrons. The van der Waals surface area contributed by atoms with Crippen LogP contribution >= 0.6 is 0 Å². The van der Waals surface area contributed by atoms with E-state index in [2.05, 4.69) is 48.3 Å². The molecule has 1 saturated heterocycles. The summed E-state index contributed by atoms with van der Waals surface area (Å²) in [5.74, 6) is 0.925. The second-order valence-electron chi connectivity index (χ2n) is 6.40. The van der Waals surface area contributed by atoms with Gasteiger partial charge in [-0.15, -0.1) is 0 Å². The first kappa shape index (κ1) is 14.1. The van der Waals surface area contributed by atoms with Crippen molar-refractivity contribution in [2.75, 3.05) is 19.6 Å². The van der Waals surface area contributed by atoms with Gasteiger partial charge in [0.2, 0.25) is 0 Å². The molecular weight excluding hydrogens is 244 g/mol. The highest BCUT2D eigenvalue weighted by molar-refractivity contribution is 5.34. The van der Waals surface area contributed by atoms with E-state index in [-0.39, 0.29) is 0 Å². The highest BCUT2D eigenvalue weighted by atomic mass is 15.2. The molecule has 1 aromatic carbocycles. The molecule has 1 aromatic rings. The molecule has 110 valence electrons. The van der Waals surface area contributed by atoms with Crippen molar-refractivity contribution in [3.05, 3.63) is 35.4 Å². The van der Waals surface area contributed by atoms with E-state index in [1.54, 1.807) is 11.1 Å². The molecule has 0 amide bonds. The van der Waals surface area contributed by atoms with Gasteiger partial charge in [-0.2, -0.15) is 0 Å². The number of benzene rings is 1. The number of likely N-dealkylation sites (N-methyl/N-ethyl adjacent to an activating group) is 1. The predicted octanol–water partition coefficient (Wildman–Crippen LogP) is 3.38. The van der Waals surface area contributed by atoms with Gasteiger partial charge in [0.05, 0.1) is 0 Å². The smallest absolute Gasteiger partial charge is 0.0480 e. The van der Waals surface area contributed by atoms with Gasteiger partial charge in [0, 0.05) is 18.6 Å². The third-order valence-electron chi connectivity index (χ3n) is 5.27. The van der Waals surface area contributed by atoms with Gasteiger partial charge >= 0.3 is 0 Å². The number of fused-ring (bicyclic) bond motifs is 1. The summed E-state index contributed by atoms with van der Waals surface area (Å²) in [6.45, 7) is 8.23. The van der Waals surface area contributed by atoms with Gasteiger partial charge in [-0.05, 0) is 49.4 Å². The van der Waals surface area contributed by atoms with Crippen LogP contribution in [0.15, 0.2) is 24.3 Å². The summed E-state index contributed by atoms with van der Waals surface area (Å²) in [7, 11) is 0. The van der Waals surface area contributed by atoms with Gasteiger partial charge in [-0.3, -0.25) is 4.90 Å². The summed E-state index contributed by atoms with van der Waals surface area (Å²) < 4.78 is 0. The molecule has 20 heavy (non-hydrogen) atoms.